The predicted molar refractivity (Wildman–Crippen MR) is 121 cm³/mol. The highest BCUT2D eigenvalue weighted by Gasteiger charge is 2.40. The van der Waals surface area contributed by atoms with Crippen LogP contribution in [-0.2, 0) is 15.7 Å². The zero-order chi connectivity index (χ0) is 26.5. The molecule has 0 aliphatic rings. The van der Waals surface area contributed by atoms with Crippen molar-refractivity contribution in [2.45, 2.75) is 18.7 Å². The van der Waals surface area contributed by atoms with Gasteiger partial charge < -0.3 is 20.5 Å². The molecular weight excluding hydrogens is 482 g/mol. The number of nitriles is 1. The van der Waals surface area contributed by atoms with Gasteiger partial charge in [-0.2, -0.15) is 18.4 Å². The summed E-state index contributed by atoms with van der Waals surface area (Å²) in [6, 6.07) is 14.9. The Morgan fingerprint density at radius 2 is 1.67 bits per heavy atom. The molecule has 0 aliphatic carbocycles. The Bertz CT molecular complexity index is 1300. The summed E-state index contributed by atoms with van der Waals surface area (Å²) in [6.45, 7) is 0.661. The third-order valence-electron chi connectivity index (χ3n) is 4.99. The number of carbonyl (C=O) groups excluding carboxylic acids is 2. The number of halogens is 4. The molecule has 3 N–H and O–H groups in total. The molecular formula is C25H19F4N3O4. The van der Waals surface area contributed by atoms with Crippen LogP contribution in [0.5, 0.6) is 5.75 Å². The lowest BCUT2D eigenvalue weighted by Crippen LogP contribution is -2.49. The molecule has 0 aromatic heterocycles. The van der Waals surface area contributed by atoms with E-state index < -0.39 is 47.3 Å². The Kier molecular flexibility index (Phi) is 7.48. The number of hydrogen-bond acceptors (Lipinski definition) is 6. The van der Waals surface area contributed by atoms with Gasteiger partial charge >= 0.3 is 12.1 Å². The van der Waals surface area contributed by atoms with E-state index in [9.17, 15) is 27.2 Å². The molecule has 1 atom stereocenters. The van der Waals surface area contributed by atoms with E-state index >= 15 is 0 Å². The third kappa shape index (κ3) is 6.29. The Morgan fingerprint density at radius 3 is 2.25 bits per heavy atom. The van der Waals surface area contributed by atoms with Crippen molar-refractivity contribution in [1.82, 2.24) is 0 Å². The molecule has 0 fully saturated rings. The van der Waals surface area contributed by atoms with Crippen molar-refractivity contribution >= 4 is 23.3 Å². The number of anilines is 2. The van der Waals surface area contributed by atoms with E-state index in [1.807, 2.05) is 6.07 Å². The second-order valence-corrected chi connectivity index (χ2v) is 7.81. The highest BCUT2D eigenvalue weighted by atomic mass is 19.4. The van der Waals surface area contributed by atoms with Crippen LogP contribution in [0.3, 0.4) is 0 Å². The summed E-state index contributed by atoms with van der Waals surface area (Å²) in [7, 11) is 0. The number of benzene rings is 3. The number of nitrogens with one attached hydrogen (secondary N) is 1. The second-order valence-electron chi connectivity index (χ2n) is 7.81. The van der Waals surface area contributed by atoms with E-state index in [1.165, 1.54) is 31.2 Å². The molecule has 7 nitrogen and oxygen atoms in total. The molecule has 186 valence electrons. The number of hydrogen-bond donors (Lipinski definition) is 2. The fourth-order valence-electron chi connectivity index (χ4n) is 2.98. The van der Waals surface area contributed by atoms with Crippen LogP contribution in [0.4, 0.5) is 28.9 Å². The minimum Gasteiger partial charge on any atom is -0.489 e. The predicted octanol–water partition coefficient (Wildman–Crippen LogP) is 4.93. The van der Waals surface area contributed by atoms with Crippen molar-refractivity contribution in [1.29, 1.82) is 5.26 Å². The number of alkyl halides is 3. The summed E-state index contributed by atoms with van der Waals surface area (Å²) in [5.74, 6) is -2.36. The fraction of sp³-hybridized carbons (Fsp3) is 0.160. The van der Waals surface area contributed by atoms with Crippen molar-refractivity contribution in [2.75, 3.05) is 17.7 Å². The normalized spacial score (nSPS) is 12.7. The number of esters is 1. The minimum absolute atomic E-state index is 0.0689. The summed E-state index contributed by atoms with van der Waals surface area (Å²) in [4.78, 5) is 25.8. The van der Waals surface area contributed by atoms with Gasteiger partial charge in [0.15, 0.2) is 0 Å². The summed E-state index contributed by atoms with van der Waals surface area (Å²) < 4.78 is 63.8. The van der Waals surface area contributed by atoms with Crippen LogP contribution in [0, 0.1) is 17.1 Å². The van der Waals surface area contributed by atoms with Gasteiger partial charge in [0.05, 0.1) is 22.8 Å². The number of carbonyl (C=O) groups is 2. The summed E-state index contributed by atoms with van der Waals surface area (Å²) in [5.41, 5.74) is 1.71. The lowest BCUT2D eigenvalue weighted by atomic mass is 10.1. The van der Waals surface area contributed by atoms with E-state index in [1.54, 1.807) is 0 Å². The SMILES string of the molecule is CC(COc1ccc(C#N)cc1)(OC(=O)c1ccc(F)cc1)C(=O)Nc1ccc(N)c(C(F)(F)F)c1. The maximum absolute atomic E-state index is 13.2. The maximum Gasteiger partial charge on any atom is 0.418 e. The first kappa shape index (κ1) is 26.0. The van der Waals surface area contributed by atoms with Crippen molar-refractivity contribution in [3.8, 4) is 11.8 Å². The fourth-order valence-corrected chi connectivity index (χ4v) is 2.98. The molecule has 0 saturated carbocycles. The number of nitrogen functional groups attached to an aromatic ring is 1. The van der Waals surface area contributed by atoms with Gasteiger partial charge in [0.2, 0.25) is 5.60 Å². The molecule has 1 amide bonds. The third-order valence-corrected chi connectivity index (χ3v) is 4.99. The monoisotopic (exact) mass is 501 g/mol. The van der Waals surface area contributed by atoms with Crippen LogP contribution in [-0.4, -0.2) is 24.1 Å². The first-order valence-electron chi connectivity index (χ1n) is 10.3. The molecule has 3 rings (SSSR count). The lowest BCUT2D eigenvalue weighted by Gasteiger charge is -2.28. The molecule has 1 unspecified atom stereocenters. The van der Waals surface area contributed by atoms with Gasteiger partial charge in [-0.15, -0.1) is 0 Å². The minimum atomic E-state index is -4.76. The topological polar surface area (TPSA) is 114 Å². The Morgan fingerprint density at radius 1 is 1.03 bits per heavy atom. The summed E-state index contributed by atoms with van der Waals surface area (Å²) >= 11 is 0. The molecule has 0 spiro atoms. The molecule has 0 heterocycles. The highest BCUT2D eigenvalue weighted by molar-refractivity contribution is 6.00. The second kappa shape index (κ2) is 10.4. The van der Waals surface area contributed by atoms with Gasteiger partial charge in [-0.05, 0) is 73.7 Å². The Labute approximate surface area is 203 Å². The maximum atomic E-state index is 13.2. The molecule has 11 heteroatoms. The van der Waals surface area contributed by atoms with Crippen LogP contribution < -0.4 is 15.8 Å². The summed E-state index contributed by atoms with van der Waals surface area (Å²) in [6.07, 6.45) is -4.76. The van der Waals surface area contributed by atoms with Gasteiger partial charge in [0.25, 0.3) is 5.91 Å². The average molecular weight is 501 g/mol. The van der Waals surface area contributed by atoms with Crippen molar-refractivity contribution < 1.29 is 36.6 Å². The molecule has 0 aliphatic heterocycles. The van der Waals surface area contributed by atoms with Crippen molar-refractivity contribution in [2.24, 2.45) is 0 Å². The molecule has 0 bridgehead atoms. The lowest BCUT2D eigenvalue weighted by molar-refractivity contribution is -0.137. The molecule has 36 heavy (non-hydrogen) atoms. The number of ether oxygens (including phenoxy) is 2. The summed E-state index contributed by atoms with van der Waals surface area (Å²) in [5, 5.41) is 11.2. The number of amides is 1. The van der Waals surface area contributed by atoms with Crippen LogP contribution >= 0.6 is 0 Å². The van der Waals surface area contributed by atoms with Crippen molar-refractivity contribution in [3.05, 3.63) is 89.2 Å². The number of rotatable bonds is 7. The van der Waals surface area contributed by atoms with E-state index in [4.69, 9.17) is 20.5 Å². The van der Waals surface area contributed by atoms with E-state index in [0.717, 1.165) is 36.4 Å². The molecule has 0 radical (unpaired) electrons. The van der Waals surface area contributed by atoms with E-state index in [0.29, 0.717) is 11.6 Å². The standard InChI is InChI=1S/C25H19F4N3O4/c1-24(14-35-19-9-2-15(13-30)3-10-19,36-22(33)16-4-6-17(26)7-5-16)23(34)32-18-8-11-21(31)20(12-18)25(27,28)29/h2-12H,14,31H2,1H3,(H,32,34). The largest absolute Gasteiger partial charge is 0.489 e. The van der Waals surface area contributed by atoms with Gasteiger partial charge in [0, 0.05) is 11.4 Å². The highest BCUT2D eigenvalue weighted by Crippen LogP contribution is 2.35. The van der Waals surface area contributed by atoms with Gasteiger partial charge in [-0.3, -0.25) is 4.79 Å². The zero-order valence-corrected chi connectivity index (χ0v) is 18.7. The first-order valence-corrected chi connectivity index (χ1v) is 10.3. The van der Waals surface area contributed by atoms with Crippen LogP contribution in [0.1, 0.15) is 28.4 Å². The number of nitrogens with zero attached hydrogens (tertiary/aromatic N) is 1. The quantitative estimate of drug-likeness (QED) is 0.270. The van der Waals surface area contributed by atoms with E-state index in [2.05, 4.69) is 5.32 Å². The Hall–Kier alpha value is -4.59. The first-order chi connectivity index (χ1) is 16.9. The van der Waals surface area contributed by atoms with Crippen LogP contribution in [0.25, 0.3) is 0 Å². The van der Waals surface area contributed by atoms with Crippen molar-refractivity contribution in [3.63, 3.8) is 0 Å². The average Bonchev–Trinajstić information content (AvgIpc) is 2.84. The molecule has 3 aromatic rings. The molecule has 3 aromatic carbocycles. The van der Waals surface area contributed by atoms with Gasteiger partial charge in [0.1, 0.15) is 18.2 Å². The van der Waals surface area contributed by atoms with Gasteiger partial charge in [-0.25, -0.2) is 9.18 Å². The smallest absolute Gasteiger partial charge is 0.418 e. The number of nitrogens with two attached hydrogens (primary N) is 1. The Balaban J connectivity index is 1.87. The van der Waals surface area contributed by atoms with Crippen LogP contribution in [0.15, 0.2) is 66.7 Å². The molecule has 0 saturated heterocycles. The van der Waals surface area contributed by atoms with E-state index in [-0.39, 0.29) is 17.0 Å². The zero-order valence-electron chi connectivity index (χ0n) is 18.7. The van der Waals surface area contributed by atoms with Crippen LogP contribution in [0.2, 0.25) is 0 Å². The van der Waals surface area contributed by atoms with Gasteiger partial charge in [-0.1, -0.05) is 0 Å².